The van der Waals surface area contributed by atoms with E-state index in [0.29, 0.717) is 5.02 Å². The molecular weight excluding hydrogens is 447 g/mol. The van der Waals surface area contributed by atoms with Crippen molar-refractivity contribution in [2.45, 2.75) is 17.4 Å². The number of rotatable bonds is 6. The van der Waals surface area contributed by atoms with Crippen LogP contribution in [-0.2, 0) is 15.4 Å². The number of hydrogen-bond acceptors (Lipinski definition) is 6. The van der Waals surface area contributed by atoms with E-state index in [1.807, 2.05) is 6.92 Å². The summed E-state index contributed by atoms with van der Waals surface area (Å²) >= 11 is 6.17. The smallest absolute Gasteiger partial charge is 0.264 e. The highest BCUT2D eigenvalue weighted by Gasteiger charge is 2.52. The third-order valence-electron chi connectivity index (χ3n) is 5.17. The normalized spacial score (nSPS) is 16.0. The largest absolute Gasteiger partial charge is 0.351 e. The fourth-order valence-electron chi connectivity index (χ4n) is 3.52. The highest BCUT2D eigenvalue weighted by atomic mass is 35.5. The van der Waals surface area contributed by atoms with Gasteiger partial charge >= 0.3 is 0 Å². The summed E-state index contributed by atoms with van der Waals surface area (Å²) in [5.74, 6) is -1.03. The SMILES string of the molecule is Cc1ccc(C(=O)NCC2(c3ncccc3F)CN(S(=O)(=O)c3cn[nH]n3)C2)c(Cl)c1. The monoisotopic (exact) mass is 464 g/mol. The first-order valence-electron chi connectivity index (χ1n) is 9.24. The van der Waals surface area contributed by atoms with E-state index in [4.69, 9.17) is 11.6 Å². The molecule has 1 aliphatic rings. The van der Waals surface area contributed by atoms with Crippen LogP contribution in [0.5, 0.6) is 0 Å². The van der Waals surface area contributed by atoms with Gasteiger partial charge in [0, 0.05) is 25.8 Å². The molecule has 0 bridgehead atoms. The topological polar surface area (TPSA) is 121 Å². The zero-order chi connectivity index (χ0) is 22.2. The van der Waals surface area contributed by atoms with Crippen molar-refractivity contribution >= 4 is 27.5 Å². The maximum atomic E-state index is 14.6. The first-order chi connectivity index (χ1) is 14.7. The molecule has 3 aromatic rings. The Balaban J connectivity index is 1.58. The minimum atomic E-state index is -3.91. The molecule has 1 saturated heterocycles. The number of aryl methyl sites for hydroxylation is 1. The van der Waals surface area contributed by atoms with Crippen LogP contribution in [0, 0.1) is 12.7 Å². The van der Waals surface area contributed by atoms with E-state index in [0.717, 1.165) is 16.1 Å². The number of hydrogen-bond donors (Lipinski definition) is 2. The highest BCUT2D eigenvalue weighted by Crippen LogP contribution is 2.37. The van der Waals surface area contributed by atoms with E-state index in [2.05, 4.69) is 25.7 Å². The Morgan fingerprint density at radius 1 is 1.35 bits per heavy atom. The molecule has 1 amide bonds. The number of nitrogens with zero attached hydrogens (tertiary/aromatic N) is 4. The lowest BCUT2D eigenvalue weighted by Crippen LogP contribution is -2.65. The summed E-state index contributed by atoms with van der Waals surface area (Å²) in [5.41, 5.74) is 0.211. The van der Waals surface area contributed by atoms with Crippen LogP contribution in [0.2, 0.25) is 5.02 Å². The maximum absolute atomic E-state index is 14.6. The van der Waals surface area contributed by atoms with Crippen molar-refractivity contribution in [3.8, 4) is 0 Å². The average Bonchev–Trinajstić information content (AvgIpc) is 3.23. The van der Waals surface area contributed by atoms with Crippen molar-refractivity contribution in [1.29, 1.82) is 0 Å². The summed E-state index contributed by atoms with van der Waals surface area (Å²) < 4.78 is 41.1. The van der Waals surface area contributed by atoms with Gasteiger partial charge in [-0.05, 0) is 36.8 Å². The third-order valence-corrected chi connectivity index (χ3v) is 7.15. The van der Waals surface area contributed by atoms with Crippen molar-refractivity contribution in [2.24, 2.45) is 0 Å². The van der Waals surface area contributed by atoms with Gasteiger partial charge in [0.05, 0.1) is 27.9 Å². The number of benzene rings is 1. The van der Waals surface area contributed by atoms with E-state index in [-0.39, 0.29) is 35.9 Å². The molecule has 1 fully saturated rings. The molecule has 2 N–H and O–H groups in total. The number of amides is 1. The number of aromatic amines is 1. The summed E-state index contributed by atoms with van der Waals surface area (Å²) in [6.45, 7) is 1.65. The minimum absolute atomic E-state index is 0.0329. The predicted molar refractivity (Wildman–Crippen MR) is 110 cm³/mol. The zero-order valence-electron chi connectivity index (χ0n) is 16.3. The Morgan fingerprint density at radius 3 is 2.77 bits per heavy atom. The number of carbonyl (C=O) groups excluding carboxylic acids is 1. The molecule has 12 heteroatoms. The van der Waals surface area contributed by atoms with Gasteiger partial charge in [-0.25, -0.2) is 12.8 Å². The van der Waals surface area contributed by atoms with E-state index < -0.39 is 27.2 Å². The molecule has 2 aromatic heterocycles. The Morgan fingerprint density at radius 2 is 2.13 bits per heavy atom. The first-order valence-corrected chi connectivity index (χ1v) is 11.1. The summed E-state index contributed by atoms with van der Waals surface area (Å²) in [6.07, 6.45) is 2.52. The Kier molecular flexibility index (Phi) is 5.50. The average molecular weight is 465 g/mol. The Labute approximate surface area is 182 Å². The van der Waals surface area contributed by atoms with E-state index in [9.17, 15) is 17.6 Å². The minimum Gasteiger partial charge on any atom is -0.351 e. The standard InChI is InChI=1S/C19H18ClFN6O3S/c1-12-4-5-13(14(20)7-12)18(28)23-9-19(17-15(21)3-2-6-22-17)10-27(11-19)31(29,30)16-8-24-26-25-16/h2-8H,9-11H2,1H3,(H,23,28)(H,24,25,26). The molecule has 9 nitrogen and oxygen atoms in total. The summed E-state index contributed by atoms with van der Waals surface area (Å²) in [6, 6.07) is 7.71. The molecule has 0 atom stereocenters. The van der Waals surface area contributed by atoms with Gasteiger partial charge in [0.25, 0.3) is 15.9 Å². The molecule has 1 aliphatic heterocycles. The Bertz CT molecular complexity index is 1230. The maximum Gasteiger partial charge on any atom is 0.264 e. The molecule has 0 saturated carbocycles. The van der Waals surface area contributed by atoms with Gasteiger partial charge in [-0.15, -0.1) is 5.10 Å². The second kappa shape index (κ2) is 7.98. The quantitative estimate of drug-likeness (QED) is 0.572. The lowest BCUT2D eigenvalue weighted by Gasteiger charge is -2.48. The summed E-state index contributed by atoms with van der Waals surface area (Å²) in [7, 11) is -3.91. The van der Waals surface area contributed by atoms with Crippen LogP contribution in [0.1, 0.15) is 21.6 Å². The van der Waals surface area contributed by atoms with Crippen LogP contribution < -0.4 is 5.32 Å². The van der Waals surface area contributed by atoms with Crippen LogP contribution in [0.4, 0.5) is 4.39 Å². The van der Waals surface area contributed by atoms with E-state index in [1.165, 1.54) is 18.3 Å². The molecular formula is C19H18ClFN6O3S. The molecule has 31 heavy (non-hydrogen) atoms. The number of sulfonamides is 1. The van der Waals surface area contributed by atoms with Gasteiger partial charge < -0.3 is 5.32 Å². The first kappa shape index (κ1) is 21.3. The molecule has 0 unspecified atom stereocenters. The van der Waals surface area contributed by atoms with Gasteiger partial charge in [0.1, 0.15) is 5.82 Å². The van der Waals surface area contributed by atoms with Crippen LogP contribution in [0.25, 0.3) is 0 Å². The number of halogens is 2. The van der Waals surface area contributed by atoms with Gasteiger partial charge in [0.2, 0.25) is 5.03 Å². The van der Waals surface area contributed by atoms with Crippen molar-refractivity contribution < 1.29 is 17.6 Å². The van der Waals surface area contributed by atoms with Crippen LogP contribution in [0.3, 0.4) is 0 Å². The summed E-state index contributed by atoms with van der Waals surface area (Å²) in [5, 5.41) is 12.2. The third kappa shape index (κ3) is 3.91. The molecule has 3 heterocycles. The number of carbonyl (C=O) groups is 1. The number of aromatic nitrogens is 4. The second-order valence-corrected chi connectivity index (χ2v) is 9.65. The fourth-order valence-corrected chi connectivity index (χ4v) is 5.28. The number of H-pyrrole nitrogens is 1. The predicted octanol–water partition coefficient (Wildman–Crippen LogP) is 1.67. The lowest BCUT2D eigenvalue weighted by molar-refractivity contribution is 0.0895. The molecule has 4 rings (SSSR count). The molecule has 0 spiro atoms. The number of pyridine rings is 1. The molecule has 0 aliphatic carbocycles. The van der Waals surface area contributed by atoms with Gasteiger partial charge in [-0.1, -0.05) is 17.7 Å². The van der Waals surface area contributed by atoms with Crippen LogP contribution >= 0.6 is 11.6 Å². The molecule has 0 radical (unpaired) electrons. The van der Waals surface area contributed by atoms with Crippen molar-refractivity contribution in [2.75, 3.05) is 19.6 Å². The zero-order valence-corrected chi connectivity index (χ0v) is 17.9. The summed E-state index contributed by atoms with van der Waals surface area (Å²) in [4.78, 5) is 16.8. The molecule has 1 aromatic carbocycles. The number of nitrogens with one attached hydrogen (secondary N) is 2. The van der Waals surface area contributed by atoms with Crippen LogP contribution in [-0.4, -0.2) is 58.7 Å². The van der Waals surface area contributed by atoms with Gasteiger partial charge in [0.15, 0.2) is 0 Å². The van der Waals surface area contributed by atoms with Crippen LogP contribution in [0.15, 0.2) is 47.8 Å². The van der Waals surface area contributed by atoms with Crippen molar-refractivity contribution in [3.05, 3.63) is 70.4 Å². The van der Waals surface area contributed by atoms with E-state index >= 15 is 0 Å². The highest BCUT2D eigenvalue weighted by molar-refractivity contribution is 7.89. The second-order valence-electron chi connectivity index (χ2n) is 7.36. The van der Waals surface area contributed by atoms with Crippen molar-refractivity contribution in [3.63, 3.8) is 0 Å². The van der Waals surface area contributed by atoms with Gasteiger partial charge in [-0.2, -0.15) is 14.6 Å². The Hall–Kier alpha value is -2.89. The van der Waals surface area contributed by atoms with Gasteiger partial charge in [-0.3, -0.25) is 9.78 Å². The van der Waals surface area contributed by atoms with E-state index in [1.54, 1.807) is 18.2 Å². The lowest BCUT2D eigenvalue weighted by atomic mass is 9.77. The van der Waals surface area contributed by atoms with Crippen molar-refractivity contribution in [1.82, 2.24) is 30.0 Å². The fraction of sp³-hybridized carbons (Fsp3) is 0.263. The molecule has 162 valence electrons.